The molecule has 0 aromatic heterocycles. The third-order valence-corrected chi connectivity index (χ3v) is 14.7. The fourth-order valence-electron chi connectivity index (χ4n) is 9.94. The Bertz CT molecular complexity index is 1240. The van der Waals surface area contributed by atoms with Gasteiger partial charge in [0.05, 0.1) is 32.0 Å². The third-order valence-electron chi connectivity index (χ3n) is 14.7. The number of hydrogen-bond acceptors (Lipinski definition) is 13. The number of hydrogen-bond donors (Lipinski definition) is 9. The second kappa shape index (κ2) is 43.9. The molecular weight excluding hydrogens is 907 g/mol. The van der Waals surface area contributed by atoms with Crippen LogP contribution in [0.4, 0.5) is 0 Å². The first kappa shape index (κ1) is 65.8. The molecule has 14 heteroatoms. The number of allylic oxidation sites excluding steroid dienone is 1. The molecule has 2 aliphatic rings. The predicted molar refractivity (Wildman–Crippen MR) is 282 cm³/mol. The van der Waals surface area contributed by atoms with E-state index in [-0.39, 0.29) is 18.9 Å². The maximum Gasteiger partial charge on any atom is 0.220 e. The van der Waals surface area contributed by atoms with Crippen LogP contribution in [0.1, 0.15) is 251 Å². The van der Waals surface area contributed by atoms with Crippen LogP contribution >= 0.6 is 0 Å². The smallest absolute Gasteiger partial charge is 0.220 e. The molecule has 420 valence electrons. The van der Waals surface area contributed by atoms with Crippen LogP contribution in [0.3, 0.4) is 0 Å². The van der Waals surface area contributed by atoms with Crippen LogP contribution < -0.4 is 5.32 Å². The third kappa shape index (κ3) is 30.2. The van der Waals surface area contributed by atoms with E-state index in [0.29, 0.717) is 6.42 Å². The van der Waals surface area contributed by atoms with Crippen molar-refractivity contribution in [1.29, 1.82) is 0 Å². The number of aliphatic hydroxyl groups excluding tert-OH is 8. The molecule has 2 fully saturated rings. The van der Waals surface area contributed by atoms with Crippen LogP contribution in [-0.4, -0.2) is 140 Å². The Hall–Kier alpha value is -1.27. The first-order valence-corrected chi connectivity index (χ1v) is 29.4. The quantitative estimate of drug-likeness (QED) is 0.0205. The minimum atomic E-state index is -1.78. The van der Waals surface area contributed by atoms with Gasteiger partial charge in [0.1, 0.15) is 48.8 Å². The van der Waals surface area contributed by atoms with E-state index in [1.54, 1.807) is 6.08 Å². The number of carbonyl (C=O) groups excluding carboxylic acids is 1. The Kier molecular flexibility index (Phi) is 40.7. The molecule has 0 bridgehead atoms. The van der Waals surface area contributed by atoms with Crippen molar-refractivity contribution in [1.82, 2.24) is 5.32 Å². The summed E-state index contributed by atoms with van der Waals surface area (Å²) >= 11 is 0. The van der Waals surface area contributed by atoms with Gasteiger partial charge < -0.3 is 65.1 Å². The minimum absolute atomic E-state index is 0.255. The highest BCUT2D eigenvalue weighted by molar-refractivity contribution is 5.76. The van der Waals surface area contributed by atoms with Crippen molar-refractivity contribution in [3.05, 3.63) is 12.2 Å². The lowest BCUT2D eigenvalue weighted by molar-refractivity contribution is -0.359. The summed E-state index contributed by atoms with van der Waals surface area (Å²) in [5, 5.41) is 86.4. The van der Waals surface area contributed by atoms with E-state index in [4.69, 9.17) is 18.9 Å². The van der Waals surface area contributed by atoms with Gasteiger partial charge >= 0.3 is 0 Å². The normalized spacial score (nSPS) is 25.8. The molecule has 71 heavy (non-hydrogen) atoms. The average molecular weight is 1020 g/mol. The number of nitrogens with one attached hydrogen (secondary N) is 1. The average Bonchev–Trinajstić information content (AvgIpc) is 3.37. The maximum atomic E-state index is 12.9. The largest absolute Gasteiger partial charge is 0.394 e. The van der Waals surface area contributed by atoms with E-state index in [9.17, 15) is 45.6 Å². The molecule has 12 unspecified atom stereocenters. The van der Waals surface area contributed by atoms with E-state index >= 15 is 0 Å². The molecule has 2 aliphatic heterocycles. The molecule has 0 aromatic carbocycles. The summed E-state index contributed by atoms with van der Waals surface area (Å²) in [6.45, 7) is 2.67. The first-order valence-electron chi connectivity index (χ1n) is 29.4. The van der Waals surface area contributed by atoms with Crippen LogP contribution in [0, 0.1) is 0 Å². The number of aliphatic hydroxyl groups is 8. The molecule has 12 atom stereocenters. The SMILES string of the molecule is CCCCCCCCCCCCCCCCCCCCCCCCCCCCCCCCC/C=C/C(O)C(COC1OC(CO)C(OC2OC(CO)C(O)C(O)C2O)C(O)C1O)NC(=O)CCCCCC. The highest BCUT2D eigenvalue weighted by Gasteiger charge is 2.51. The molecule has 2 saturated heterocycles. The van der Waals surface area contributed by atoms with Crippen molar-refractivity contribution in [2.45, 2.75) is 325 Å². The number of amides is 1. The first-order chi connectivity index (χ1) is 34.6. The van der Waals surface area contributed by atoms with Crippen LogP contribution in [0.2, 0.25) is 0 Å². The number of unbranched alkanes of at least 4 members (excludes halogenated alkanes) is 34. The van der Waals surface area contributed by atoms with Crippen LogP contribution in [0.15, 0.2) is 12.2 Å². The van der Waals surface area contributed by atoms with Gasteiger partial charge in [-0.3, -0.25) is 4.79 Å². The van der Waals surface area contributed by atoms with Gasteiger partial charge in [-0.15, -0.1) is 0 Å². The van der Waals surface area contributed by atoms with Crippen molar-refractivity contribution >= 4 is 5.91 Å². The standard InChI is InChI=1S/C57H109NO13/c1-3-5-7-9-10-11-12-13-14-15-16-17-18-19-20-21-22-23-24-25-26-27-28-29-30-31-32-33-34-35-36-37-38-40-46(61)45(58-49(62)41-39-8-6-4-2)44-68-56-54(67)52(65)55(48(43-60)70-56)71-57-53(66)51(64)50(63)47(42-59)69-57/h38,40,45-48,50-57,59-61,63-67H,3-37,39,41-44H2,1-2H3,(H,58,62)/b40-38+. The van der Waals surface area contributed by atoms with E-state index in [2.05, 4.69) is 19.2 Å². The predicted octanol–water partition coefficient (Wildman–Crippen LogP) is 9.50. The van der Waals surface area contributed by atoms with Crippen molar-refractivity contribution in [3.8, 4) is 0 Å². The lowest BCUT2D eigenvalue weighted by atomic mass is 9.97. The molecular formula is C57H109NO13. The number of ether oxygens (including phenoxy) is 4. The molecule has 2 rings (SSSR count). The van der Waals surface area contributed by atoms with Crippen LogP contribution in [0.25, 0.3) is 0 Å². The summed E-state index contributed by atoms with van der Waals surface area (Å²) < 4.78 is 22.6. The van der Waals surface area contributed by atoms with Gasteiger partial charge in [-0.25, -0.2) is 0 Å². The second-order valence-corrected chi connectivity index (χ2v) is 21.1. The summed E-state index contributed by atoms with van der Waals surface area (Å²) in [5.41, 5.74) is 0. The minimum Gasteiger partial charge on any atom is -0.394 e. The zero-order valence-corrected chi connectivity index (χ0v) is 45.0. The van der Waals surface area contributed by atoms with Gasteiger partial charge in [-0.2, -0.15) is 0 Å². The fourth-order valence-corrected chi connectivity index (χ4v) is 9.94. The molecule has 0 radical (unpaired) electrons. The Balaban J connectivity index is 1.54. The van der Waals surface area contributed by atoms with Gasteiger partial charge in [0, 0.05) is 6.42 Å². The van der Waals surface area contributed by atoms with E-state index in [0.717, 1.165) is 38.5 Å². The molecule has 0 aromatic rings. The summed E-state index contributed by atoms with van der Waals surface area (Å²) in [6.07, 6.45) is 33.8. The van der Waals surface area contributed by atoms with Crippen LogP contribution in [-0.2, 0) is 23.7 Å². The molecule has 0 spiro atoms. The molecule has 0 aliphatic carbocycles. The van der Waals surface area contributed by atoms with Gasteiger partial charge in [-0.1, -0.05) is 238 Å². The maximum absolute atomic E-state index is 12.9. The zero-order chi connectivity index (χ0) is 51.7. The number of carbonyl (C=O) groups is 1. The van der Waals surface area contributed by atoms with Gasteiger partial charge in [-0.05, 0) is 19.3 Å². The van der Waals surface area contributed by atoms with E-state index in [1.165, 1.54) is 186 Å². The number of rotatable bonds is 47. The Morgan fingerprint density at radius 2 is 0.873 bits per heavy atom. The van der Waals surface area contributed by atoms with E-state index < -0.39 is 86.8 Å². The lowest BCUT2D eigenvalue weighted by Gasteiger charge is -2.46. The highest BCUT2D eigenvalue weighted by Crippen LogP contribution is 2.30. The zero-order valence-electron chi connectivity index (χ0n) is 45.0. The van der Waals surface area contributed by atoms with E-state index in [1.807, 2.05) is 6.08 Å². The topological polar surface area (TPSA) is 228 Å². The molecule has 1 amide bonds. The lowest BCUT2D eigenvalue weighted by Crippen LogP contribution is -2.65. The van der Waals surface area contributed by atoms with Crippen LogP contribution in [0.5, 0.6) is 0 Å². The molecule has 14 nitrogen and oxygen atoms in total. The monoisotopic (exact) mass is 1020 g/mol. The Morgan fingerprint density at radius 1 is 0.493 bits per heavy atom. The van der Waals surface area contributed by atoms with Crippen molar-refractivity contribution in [2.75, 3.05) is 19.8 Å². The van der Waals surface area contributed by atoms with Gasteiger partial charge in [0.2, 0.25) is 5.91 Å². The molecule has 9 N–H and O–H groups in total. The van der Waals surface area contributed by atoms with Crippen molar-refractivity contribution in [2.24, 2.45) is 0 Å². The molecule has 2 heterocycles. The summed E-state index contributed by atoms with van der Waals surface area (Å²) in [6, 6.07) is -0.906. The Labute approximate surface area is 431 Å². The Morgan fingerprint density at radius 3 is 1.30 bits per heavy atom. The van der Waals surface area contributed by atoms with Gasteiger partial charge in [0.15, 0.2) is 12.6 Å². The summed E-state index contributed by atoms with van der Waals surface area (Å²) in [4.78, 5) is 12.9. The highest BCUT2D eigenvalue weighted by atomic mass is 16.7. The molecule has 0 saturated carbocycles. The summed E-state index contributed by atoms with van der Waals surface area (Å²) in [7, 11) is 0. The van der Waals surface area contributed by atoms with Crippen molar-refractivity contribution < 1.29 is 64.6 Å². The van der Waals surface area contributed by atoms with Gasteiger partial charge in [0.25, 0.3) is 0 Å². The summed E-state index contributed by atoms with van der Waals surface area (Å²) in [5.74, 6) is -0.255. The fraction of sp³-hybridized carbons (Fsp3) is 0.947. The second-order valence-electron chi connectivity index (χ2n) is 21.1. The van der Waals surface area contributed by atoms with Crippen molar-refractivity contribution in [3.63, 3.8) is 0 Å².